The standard InChI is InChI=1S/C10H20N2/c1-3-5-7-12-8-6-10(9-12)11-4-2/h3,5,10-11H,4,6-9H2,1-2H3/b5-3+. The molecule has 12 heavy (non-hydrogen) atoms. The van der Waals surface area contributed by atoms with Gasteiger partial charge in [0.05, 0.1) is 0 Å². The van der Waals surface area contributed by atoms with Gasteiger partial charge in [-0.25, -0.2) is 0 Å². The SMILES string of the molecule is C/C=C/CN1CCC(NCC)C1. The molecule has 0 amide bonds. The van der Waals surface area contributed by atoms with Crippen LogP contribution < -0.4 is 5.32 Å². The van der Waals surface area contributed by atoms with Crippen LogP contribution in [-0.2, 0) is 0 Å². The number of hydrogen-bond donors (Lipinski definition) is 1. The molecule has 1 N–H and O–H groups in total. The number of nitrogens with one attached hydrogen (secondary N) is 1. The van der Waals surface area contributed by atoms with Crippen LogP contribution in [-0.4, -0.2) is 37.1 Å². The van der Waals surface area contributed by atoms with Gasteiger partial charge in [0.25, 0.3) is 0 Å². The van der Waals surface area contributed by atoms with E-state index in [0.717, 1.165) is 19.1 Å². The molecule has 0 spiro atoms. The normalized spacial score (nSPS) is 25.7. The maximum Gasteiger partial charge on any atom is 0.0207 e. The summed E-state index contributed by atoms with van der Waals surface area (Å²) in [5.74, 6) is 0. The van der Waals surface area contributed by atoms with Gasteiger partial charge in [0.15, 0.2) is 0 Å². The largest absolute Gasteiger partial charge is 0.313 e. The van der Waals surface area contributed by atoms with Crippen LogP contribution in [0.5, 0.6) is 0 Å². The van der Waals surface area contributed by atoms with Crippen molar-refractivity contribution in [1.82, 2.24) is 10.2 Å². The van der Waals surface area contributed by atoms with Gasteiger partial charge in [-0.2, -0.15) is 0 Å². The van der Waals surface area contributed by atoms with Crippen LogP contribution in [0.4, 0.5) is 0 Å². The summed E-state index contributed by atoms with van der Waals surface area (Å²) in [6, 6.07) is 0.736. The second kappa shape index (κ2) is 5.33. The zero-order valence-electron chi connectivity index (χ0n) is 8.21. The van der Waals surface area contributed by atoms with E-state index in [2.05, 4.69) is 36.2 Å². The predicted molar refractivity (Wildman–Crippen MR) is 53.3 cm³/mol. The van der Waals surface area contributed by atoms with Crippen molar-refractivity contribution in [3.63, 3.8) is 0 Å². The molecule has 0 bridgehead atoms. The summed E-state index contributed by atoms with van der Waals surface area (Å²) in [5.41, 5.74) is 0. The van der Waals surface area contributed by atoms with Crippen LogP contribution in [0.25, 0.3) is 0 Å². The third kappa shape index (κ3) is 2.95. The van der Waals surface area contributed by atoms with Crippen molar-refractivity contribution >= 4 is 0 Å². The highest BCUT2D eigenvalue weighted by Crippen LogP contribution is 2.08. The summed E-state index contributed by atoms with van der Waals surface area (Å²) >= 11 is 0. The minimum absolute atomic E-state index is 0.736. The lowest BCUT2D eigenvalue weighted by Gasteiger charge is -2.13. The fourth-order valence-corrected chi connectivity index (χ4v) is 1.71. The second-order valence-electron chi connectivity index (χ2n) is 3.37. The summed E-state index contributed by atoms with van der Waals surface area (Å²) < 4.78 is 0. The minimum Gasteiger partial charge on any atom is -0.313 e. The Balaban J connectivity index is 2.16. The first-order chi connectivity index (χ1) is 5.86. The molecule has 0 aromatic carbocycles. The molecule has 1 aliphatic heterocycles. The van der Waals surface area contributed by atoms with Gasteiger partial charge in [-0.05, 0) is 19.9 Å². The Bertz CT molecular complexity index is 143. The summed E-state index contributed by atoms with van der Waals surface area (Å²) in [6.45, 7) is 8.95. The number of nitrogens with zero attached hydrogens (tertiary/aromatic N) is 1. The molecule has 1 fully saturated rings. The number of hydrogen-bond acceptors (Lipinski definition) is 2. The molecule has 0 aromatic heterocycles. The van der Waals surface area contributed by atoms with Crippen LogP contribution in [0, 0.1) is 0 Å². The van der Waals surface area contributed by atoms with Crippen LogP contribution in [0.15, 0.2) is 12.2 Å². The van der Waals surface area contributed by atoms with E-state index in [1.807, 2.05) is 0 Å². The lowest BCUT2D eigenvalue weighted by Crippen LogP contribution is -2.32. The molecular formula is C10H20N2. The number of likely N-dealkylation sites (N-methyl/N-ethyl adjacent to an activating group) is 1. The van der Waals surface area contributed by atoms with E-state index < -0.39 is 0 Å². The average molecular weight is 168 g/mol. The van der Waals surface area contributed by atoms with Crippen molar-refractivity contribution in [2.75, 3.05) is 26.2 Å². The molecule has 1 aliphatic rings. The third-order valence-corrected chi connectivity index (χ3v) is 2.36. The predicted octanol–water partition coefficient (Wildman–Crippen LogP) is 1.25. The molecule has 2 heteroatoms. The van der Waals surface area contributed by atoms with E-state index in [4.69, 9.17) is 0 Å². The first kappa shape index (κ1) is 9.75. The molecule has 1 unspecified atom stereocenters. The first-order valence-electron chi connectivity index (χ1n) is 4.93. The molecule has 1 saturated heterocycles. The molecule has 1 rings (SSSR count). The smallest absolute Gasteiger partial charge is 0.0207 e. The van der Waals surface area contributed by atoms with E-state index in [-0.39, 0.29) is 0 Å². The number of likely N-dealkylation sites (tertiary alicyclic amines) is 1. The summed E-state index contributed by atoms with van der Waals surface area (Å²) in [4.78, 5) is 2.49. The Morgan fingerprint density at radius 3 is 3.08 bits per heavy atom. The summed E-state index contributed by atoms with van der Waals surface area (Å²) in [5, 5.41) is 3.49. The molecule has 0 aromatic rings. The fraction of sp³-hybridized carbons (Fsp3) is 0.800. The van der Waals surface area contributed by atoms with Crippen molar-refractivity contribution < 1.29 is 0 Å². The number of rotatable bonds is 4. The lowest BCUT2D eigenvalue weighted by molar-refractivity contribution is 0.363. The summed E-state index contributed by atoms with van der Waals surface area (Å²) in [6.07, 6.45) is 5.67. The van der Waals surface area contributed by atoms with E-state index in [0.29, 0.717) is 0 Å². The average Bonchev–Trinajstić information content (AvgIpc) is 2.50. The van der Waals surface area contributed by atoms with Gasteiger partial charge in [-0.1, -0.05) is 19.1 Å². The molecule has 1 atom stereocenters. The molecule has 0 saturated carbocycles. The molecule has 70 valence electrons. The van der Waals surface area contributed by atoms with Crippen molar-refractivity contribution in [3.05, 3.63) is 12.2 Å². The zero-order valence-corrected chi connectivity index (χ0v) is 8.21. The van der Waals surface area contributed by atoms with Gasteiger partial charge >= 0.3 is 0 Å². The maximum atomic E-state index is 3.49. The topological polar surface area (TPSA) is 15.3 Å². The Hall–Kier alpha value is -0.340. The Kier molecular flexibility index (Phi) is 4.33. The van der Waals surface area contributed by atoms with Crippen molar-refractivity contribution in [2.24, 2.45) is 0 Å². The van der Waals surface area contributed by atoms with E-state index in [9.17, 15) is 0 Å². The molecular weight excluding hydrogens is 148 g/mol. The second-order valence-corrected chi connectivity index (χ2v) is 3.37. The Labute approximate surface area is 75.6 Å². The number of allylic oxidation sites excluding steroid dienone is 1. The molecule has 0 radical (unpaired) electrons. The van der Waals surface area contributed by atoms with Crippen molar-refractivity contribution in [2.45, 2.75) is 26.3 Å². The lowest BCUT2D eigenvalue weighted by atomic mass is 10.3. The van der Waals surface area contributed by atoms with Gasteiger partial charge in [0.1, 0.15) is 0 Å². The quantitative estimate of drug-likeness (QED) is 0.635. The third-order valence-electron chi connectivity index (χ3n) is 2.36. The highest BCUT2D eigenvalue weighted by molar-refractivity contribution is 4.87. The van der Waals surface area contributed by atoms with Crippen LogP contribution in [0.1, 0.15) is 20.3 Å². The zero-order chi connectivity index (χ0) is 8.81. The summed E-state index contributed by atoms with van der Waals surface area (Å²) in [7, 11) is 0. The van der Waals surface area contributed by atoms with Gasteiger partial charge in [0.2, 0.25) is 0 Å². The highest BCUT2D eigenvalue weighted by Gasteiger charge is 2.19. The Morgan fingerprint density at radius 1 is 1.58 bits per heavy atom. The van der Waals surface area contributed by atoms with Crippen LogP contribution in [0.3, 0.4) is 0 Å². The maximum absolute atomic E-state index is 3.49. The first-order valence-corrected chi connectivity index (χ1v) is 4.93. The molecule has 0 aliphatic carbocycles. The molecule has 1 heterocycles. The van der Waals surface area contributed by atoms with Crippen molar-refractivity contribution in [3.8, 4) is 0 Å². The van der Waals surface area contributed by atoms with E-state index in [1.165, 1.54) is 19.5 Å². The van der Waals surface area contributed by atoms with Crippen LogP contribution >= 0.6 is 0 Å². The monoisotopic (exact) mass is 168 g/mol. The highest BCUT2D eigenvalue weighted by atomic mass is 15.2. The van der Waals surface area contributed by atoms with Gasteiger partial charge in [0, 0.05) is 25.7 Å². The fourth-order valence-electron chi connectivity index (χ4n) is 1.71. The Morgan fingerprint density at radius 2 is 2.42 bits per heavy atom. The van der Waals surface area contributed by atoms with Gasteiger partial charge < -0.3 is 5.32 Å². The van der Waals surface area contributed by atoms with E-state index in [1.54, 1.807) is 0 Å². The van der Waals surface area contributed by atoms with E-state index >= 15 is 0 Å². The van der Waals surface area contributed by atoms with Gasteiger partial charge in [-0.3, -0.25) is 4.90 Å². The van der Waals surface area contributed by atoms with Gasteiger partial charge in [-0.15, -0.1) is 0 Å². The minimum atomic E-state index is 0.736. The van der Waals surface area contributed by atoms with Crippen LogP contribution in [0.2, 0.25) is 0 Å². The van der Waals surface area contributed by atoms with Crippen molar-refractivity contribution in [1.29, 1.82) is 0 Å². The molecule has 2 nitrogen and oxygen atoms in total.